The Morgan fingerprint density at radius 2 is 1.05 bits per heavy atom. The Morgan fingerprint density at radius 3 is 1.52 bits per heavy atom. The lowest BCUT2D eigenvalue weighted by molar-refractivity contribution is -0.385. The zero-order valence-electron chi connectivity index (χ0n) is 22.7. The maximum Gasteiger partial charge on any atom is 0.335 e. The van der Waals surface area contributed by atoms with Crippen LogP contribution < -0.4 is 0 Å². The highest BCUT2D eigenvalue weighted by molar-refractivity contribution is 5.73. The molecule has 4 aliphatic rings. The van der Waals surface area contributed by atoms with Crippen LogP contribution in [-0.2, 0) is 38.0 Å². The largest absolute Gasteiger partial charge is 0.479 e. The summed E-state index contributed by atoms with van der Waals surface area (Å²) < 4.78 is 37.1. The van der Waals surface area contributed by atoms with Crippen LogP contribution in [0.3, 0.4) is 0 Å². The van der Waals surface area contributed by atoms with E-state index in [4.69, 9.17) is 33.2 Å². The summed E-state index contributed by atoms with van der Waals surface area (Å²) >= 11 is 0. The van der Waals surface area contributed by atoms with E-state index in [9.17, 15) is 71.2 Å². The molecule has 0 aliphatic carbocycles. The molecule has 0 amide bonds. The first-order valence-corrected chi connectivity index (χ1v) is 13.5. The number of aliphatic hydroxyl groups excluding tert-OH is 12. The molecule has 13 N–H and O–H groups in total. The Labute approximate surface area is 247 Å². The van der Waals surface area contributed by atoms with Crippen molar-refractivity contribution in [2.45, 2.75) is 117 Å². The second-order valence-corrected chi connectivity index (χ2v) is 10.7. The predicted octanol–water partition coefficient (Wildman–Crippen LogP) is -9.02. The minimum absolute atomic E-state index is 0.479. The van der Waals surface area contributed by atoms with E-state index in [0.29, 0.717) is 0 Å². The molecule has 0 bridgehead atoms. The summed E-state index contributed by atoms with van der Waals surface area (Å²) in [5.41, 5.74) is 0. The van der Waals surface area contributed by atoms with E-state index in [-0.39, 0.29) is 0 Å². The van der Waals surface area contributed by atoms with Gasteiger partial charge in [0, 0.05) is 0 Å². The summed E-state index contributed by atoms with van der Waals surface area (Å²) in [6.07, 6.45) is -35.5. The van der Waals surface area contributed by atoms with Crippen LogP contribution in [0.25, 0.3) is 0 Å². The van der Waals surface area contributed by atoms with E-state index < -0.39 is 143 Å². The lowest BCUT2D eigenvalue weighted by atomic mass is 9.96. The van der Waals surface area contributed by atoms with Gasteiger partial charge in [0.25, 0.3) is 0 Å². The molecule has 0 spiro atoms. The molecule has 0 saturated carbocycles. The van der Waals surface area contributed by atoms with Crippen molar-refractivity contribution in [3.8, 4) is 0 Å². The van der Waals surface area contributed by atoms with E-state index in [1.54, 1.807) is 0 Å². The first-order chi connectivity index (χ1) is 20.7. The number of aliphatic carboxylic acids is 1. The van der Waals surface area contributed by atoms with Crippen molar-refractivity contribution in [2.75, 3.05) is 19.8 Å². The van der Waals surface area contributed by atoms with Gasteiger partial charge in [-0.1, -0.05) is 0 Å². The van der Waals surface area contributed by atoms with Crippen LogP contribution >= 0.6 is 0 Å². The smallest absolute Gasteiger partial charge is 0.335 e. The maximum atomic E-state index is 11.4. The number of aliphatic hydroxyl groups is 12. The Kier molecular flexibility index (Phi) is 11.8. The molecule has 4 saturated heterocycles. The lowest BCUT2D eigenvalue weighted by Crippen LogP contribution is -2.67. The lowest BCUT2D eigenvalue weighted by Gasteiger charge is -2.48. The van der Waals surface area contributed by atoms with Crippen molar-refractivity contribution >= 4 is 5.97 Å². The average molecular weight is 651 g/mol. The number of carboxylic acids is 1. The van der Waals surface area contributed by atoms with E-state index in [1.165, 1.54) is 0 Å². The molecule has 4 rings (SSSR count). The van der Waals surface area contributed by atoms with Gasteiger partial charge in [0.15, 0.2) is 31.3 Å². The summed E-state index contributed by atoms with van der Waals surface area (Å²) in [7, 11) is 0. The van der Waals surface area contributed by atoms with E-state index >= 15 is 0 Å². The minimum Gasteiger partial charge on any atom is -0.479 e. The minimum atomic E-state index is -2.10. The van der Waals surface area contributed by atoms with Crippen LogP contribution in [0.5, 0.6) is 0 Å². The van der Waals surface area contributed by atoms with Crippen molar-refractivity contribution in [1.29, 1.82) is 0 Å². The first-order valence-electron chi connectivity index (χ1n) is 13.5. The van der Waals surface area contributed by atoms with Gasteiger partial charge in [-0.15, -0.1) is 0 Å². The number of ether oxygens (including phenoxy) is 7. The predicted molar refractivity (Wildman–Crippen MR) is 128 cm³/mol. The van der Waals surface area contributed by atoms with E-state index in [1.807, 2.05) is 0 Å². The molecular formula is C23H38O21. The van der Waals surface area contributed by atoms with Gasteiger partial charge >= 0.3 is 5.97 Å². The monoisotopic (exact) mass is 650 g/mol. The Bertz CT molecular complexity index is 944. The summed E-state index contributed by atoms with van der Waals surface area (Å²) in [5.74, 6) is -1.74. The molecule has 21 heteroatoms. The molecular weight excluding hydrogens is 612 g/mol. The van der Waals surface area contributed by atoms with Crippen LogP contribution in [-0.4, -0.2) is 209 Å². The van der Waals surface area contributed by atoms with Crippen molar-refractivity contribution < 1.29 is 104 Å². The highest BCUT2D eigenvalue weighted by Gasteiger charge is 2.55. The molecule has 4 aliphatic heterocycles. The molecule has 1 unspecified atom stereocenters. The van der Waals surface area contributed by atoms with Crippen molar-refractivity contribution in [3.63, 3.8) is 0 Å². The zero-order chi connectivity index (χ0) is 32.6. The fourth-order valence-corrected chi connectivity index (χ4v) is 5.20. The van der Waals surface area contributed by atoms with Crippen molar-refractivity contribution in [3.05, 3.63) is 0 Å². The molecule has 0 radical (unpaired) electrons. The highest BCUT2D eigenvalue weighted by atomic mass is 16.8. The summed E-state index contributed by atoms with van der Waals surface area (Å²) in [6.45, 7) is -2.28. The number of carboxylic acid groups (broad SMARTS) is 1. The fraction of sp³-hybridized carbons (Fsp3) is 0.957. The van der Waals surface area contributed by atoms with Gasteiger partial charge in [0.2, 0.25) is 0 Å². The van der Waals surface area contributed by atoms with Crippen LogP contribution in [0.2, 0.25) is 0 Å². The molecule has 0 aromatic rings. The Morgan fingerprint density at radius 1 is 0.568 bits per heavy atom. The van der Waals surface area contributed by atoms with Gasteiger partial charge in [-0.3, -0.25) is 0 Å². The van der Waals surface area contributed by atoms with Gasteiger partial charge in [-0.05, 0) is 0 Å². The molecule has 4 fully saturated rings. The molecule has 0 aromatic carbocycles. The molecule has 19 atom stereocenters. The van der Waals surface area contributed by atoms with Crippen LogP contribution in [0.4, 0.5) is 0 Å². The highest BCUT2D eigenvalue weighted by Crippen LogP contribution is 2.33. The summed E-state index contributed by atoms with van der Waals surface area (Å²) in [6, 6.07) is 0. The Balaban J connectivity index is 1.51. The second kappa shape index (κ2) is 14.6. The van der Waals surface area contributed by atoms with Crippen LogP contribution in [0.1, 0.15) is 0 Å². The van der Waals surface area contributed by atoms with Gasteiger partial charge in [-0.25, -0.2) is 4.79 Å². The summed E-state index contributed by atoms with van der Waals surface area (Å²) in [5, 5.41) is 132. The number of carbonyl (C=O) groups is 1. The van der Waals surface area contributed by atoms with E-state index in [0.717, 1.165) is 0 Å². The molecule has 21 nitrogen and oxygen atoms in total. The van der Waals surface area contributed by atoms with Gasteiger partial charge in [-0.2, -0.15) is 0 Å². The normalized spacial score (nSPS) is 52.0. The second-order valence-electron chi connectivity index (χ2n) is 10.7. The maximum absolute atomic E-state index is 11.4. The van der Waals surface area contributed by atoms with E-state index in [2.05, 4.69) is 0 Å². The van der Waals surface area contributed by atoms with Crippen molar-refractivity contribution in [1.82, 2.24) is 0 Å². The third-order valence-electron chi connectivity index (χ3n) is 7.80. The van der Waals surface area contributed by atoms with Gasteiger partial charge in [0.05, 0.1) is 19.8 Å². The molecule has 0 aromatic heterocycles. The molecule has 44 heavy (non-hydrogen) atoms. The van der Waals surface area contributed by atoms with Gasteiger partial charge < -0.3 is 99.5 Å². The first kappa shape index (κ1) is 35.6. The topological polar surface area (TPSA) is 345 Å². The number of rotatable bonds is 9. The average Bonchev–Trinajstić information content (AvgIpc) is 2.99. The van der Waals surface area contributed by atoms with Gasteiger partial charge in [0.1, 0.15) is 85.5 Å². The number of hydrogen-bond donors (Lipinski definition) is 13. The third kappa shape index (κ3) is 7.01. The standard InChI is InChI=1S/C23H38O21/c24-1-4-8(27)16(14(33)22(39-4)41-6-3-38-20(37)12(31)7(6)26)43-23-15(34)17(9(28)5(2-25)40-23)42-21-13(32)10(29)11(30)18(44-21)19(35)36/h4-18,20-34,37H,1-3H2,(H,35,36)/t4-,5-,6-,7+,8+,9+,10+,11+,12-,13-,14-,15-,16+,17+,18+,20?,21-,22+,23+/m1/s1. The molecule has 4 heterocycles. The molecule has 256 valence electrons. The SMILES string of the molecule is O=C(O)[C@H]1O[C@@H](O[C@H]2[C@@H](O)[C@@H](CO)O[C@@H](O[C@H]3[C@@H](O)[C@@H](CO)O[C@@H](O[C@@H]4COC(O)[C@H](O)[C@H]4O)[C@@H]3O)[C@@H]2O)[C@H](O)[C@@H](O)[C@@H]1O. The summed E-state index contributed by atoms with van der Waals surface area (Å²) in [4.78, 5) is 11.4. The van der Waals surface area contributed by atoms with Crippen molar-refractivity contribution in [2.24, 2.45) is 0 Å². The zero-order valence-corrected chi connectivity index (χ0v) is 22.7. The quantitative estimate of drug-likeness (QED) is 0.110. The third-order valence-corrected chi connectivity index (χ3v) is 7.80. The Hall–Kier alpha value is -1.29. The fourth-order valence-electron chi connectivity index (χ4n) is 5.20. The van der Waals surface area contributed by atoms with Crippen LogP contribution in [0.15, 0.2) is 0 Å². The number of hydrogen-bond acceptors (Lipinski definition) is 20. The van der Waals surface area contributed by atoms with Crippen LogP contribution in [0, 0.1) is 0 Å².